The summed E-state index contributed by atoms with van der Waals surface area (Å²) in [6, 6.07) is 3.27. The fourth-order valence-electron chi connectivity index (χ4n) is 2.10. The second-order valence-electron chi connectivity index (χ2n) is 5.19. The Kier molecular flexibility index (Phi) is 7.05. The molecule has 0 aliphatic carbocycles. The first kappa shape index (κ1) is 17.0. The number of rotatable bonds is 8. The first-order valence-corrected chi connectivity index (χ1v) is 6.82. The number of benzene rings is 1. The van der Waals surface area contributed by atoms with Crippen molar-refractivity contribution in [2.45, 2.75) is 32.4 Å². The molecular weight excluding hydrogens is 264 g/mol. The molecule has 0 aliphatic heterocycles. The van der Waals surface area contributed by atoms with Gasteiger partial charge in [-0.25, -0.2) is 8.78 Å². The van der Waals surface area contributed by atoms with E-state index in [2.05, 4.69) is 5.32 Å². The zero-order valence-corrected chi connectivity index (χ0v) is 12.2. The summed E-state index contributed by atoms with van der Waals surface area (Å²) in [7, 11) is 1.63. The maximum Gasteiger partial charge on any atom is 0.159 e. The van der Waals surface area contributed by atoms with Crippen molar-refractivity contribution < 1.29 is 18.6 Å². The minimum absolute atomic E-state index is 0.153. The van der Waals surface area contributed by atoms with Crippen LogP contribution in [0.4, 0.5) is 8.78 Å². The number of hydrogen-bond acceptors (Lipinski definition) is 3. The van der Waals surface area contributed by atoms with Crippen molar-refractivity contribution in [3.05, 3.63) is 35.4 Å². The molecule has 0 fully saturated rings. The molecule has 0 heterocycles. The van der Waals surface area contributed by atoms with Gasteiger partial charge in [-0.1, -0.05) is 19.9 Å². The molecule has 2 unspecified atom stereocenters. The van der Waals surface area contributed by atoms with Gasteiger partial charge in [0.15, 0.2) is 11.6 Å². The predicted octanol–water partition coefficient (Wildman–Crippen LogP) is 2.65. The molecule has 1 rings (SSSR count). The van der Waals surface area contributed by atoms with Gasteiger partial charge in [0.25, 0.3) is 0 Å². The molecule has 2 atom stereocenters. The number of aliphatic hydroxyl groups is 1. The van der Waals surface area contributed by atoms with Crippen molar-refractivity contribution >= 4 is 0 Å². The molecule has 2 N–H and O–H groups in total. The van der Waals surface area contributed by atoms with Crippen molar-refractivity contribution in [3.63, 3.8) is 0 Å². The fourth-order valence-corrected chi connectivity index (χ4v) is 2.10. The van der Waals surface area contributed by atoms with E-state index in [0.717, 1.165) is 18.6 Å². The van der Waals surface area contributed by atoms with Crippen molar-refractivity contribution in [1.82, 2.24) is 5.32 Å². The van der Waals surface area contributed by atoms with Crippen molar-refractivity contribution in [1.29, 1.82) is 0 Å². The van der Waals surface area contributed by atoms with E-state index >= 15 is 0 Å². The molecule has 5 heteroatoms. The zero-order valence-electron chi connectivity index (χ0n) is 12.2. The van der Waals surface area contributed by atoms with Crippen LogP contribution in [-0.2, 0) is 4.74 Å². The summed E-state index contributed by atoms with van der Waals surface area (Å²) in [6.45, 7) is 5.27. The Bertz CT molecular complexity index is 413. The van der Waals surface area contributed by atoms with Crippen LogP contribution in [0.1, 0.15) is 31.9 Å². The SMILES string of the molecule is COCCCNC(C(C)C)C(O)c1ccc(F)c(F)c1. The number of nitrogens with one attached hydrogen (secondary N) is 1. The van der Waals surface area contributed by atoms with Gasteiger partial charge >= 0.3 is 0 Å². The fraction of sp³-hybridized carbons (Fsp3) is 0.600. The molecule has 114 valence electrons. The summed E-state index contributed by atoms with van der Waals surface area (Å²) >= 11 is 0. The Morgan fingerprint density at radius 1 is 1.25 bits per heavy atom. The summed E-state index contributed by atoms with van der Waals surface area (Å²) in [4.78, 5) is 0. The predicted molar refractivity (Wildman–Crippen MR) is 74.4 cm³/mol. The van der Waals surface area contributed by atoms with E-state index in [0.29, 0.717) is 18.7 Å². The van der Waals surface area contributed by atoms with Gasteiger partial charge in [0.2, 0.25) is 0 Å². The number of aliphatic hydroxyl groups excluding tert-OH is 1. The third-order valence-corrected chi connectivity index (χ3v) is 3.25. The second-order valence-corrected chi connectivity index (χ2v) is 5.19. The van der Waals surface area contributed by atoms with E-state index in [1.165, 1.54) is 6.07 Å². The van der Waals surface area contributed by atoms with Crippen LogP contribution >= 0.6 is 0 Å². The van der Waals surface area contributed by atoms with E-state index in [1.807, 2.05) is 13.8 Å². The maximum atomic E-state index is 13.2. The summed E-state index contributed by atoms with van der Waals surface area (Å²) in [5.41, 5.74) is 0.377. The van der Waals surface area contributed by atoms with Crippen LogP contribution in [0.5, 0.6) is 0 Å². The zero-order chi connectivity index (χ0) is 15.1. The lowest BCUT2D eigenvalue weighted by Crippen LogP contribution is -2.40. The molecule has 1 aromatic carbocycles. The Balaban J connectivity index is 2.72. The van der Waals surface area contributed by atoms with Crippen LogP contribution < -0.4 is 5.32 Å². The van der Waals surface area contributed by atoms with Gasteiger partial charge in [-0.3, -0.25) is 0 Å². The van der Waals surface area contributed by atoms with E-state index in [1.54, 1.807) is 7.11 Å². The summed E-state index contributed by atoms with van der Waals surface area (Å²) in [6.07, 6.45) is -0.0582. The van der Waals surface area contributed by atoms with Gasteiger partial charge < -0.3 is 15.2 Å². The van der Waals surface area contributed by atoms with Crippen LogP contribution in [0.2, 0.25) is 0 Å². The normalized spacial score (nSPS) is 14.6. The molecule has 0 aromatic heterocycles. The quantitative estimate of drug-likeness (QED) is 0.722. The van der Waals surface area contributed by atoms with E-state index in [9.17, 15) is 13.9 Å². The molecule has 0 aliphatic rings. The van der Waals surface area contributed by atoms with Crippen molar-refractivity contribution in [2.24, 2.45) is 5.92 Å². The summed E-state index contributed by atoms with van der Waals surface area (Å²) in [5, 5.41) is 13.6. The molecule has 0 saturated carbocycles. The molecule has 1 aromatic rings. The Morgan fingerprint density at radius 2 is 1.95 bits per heavy atom. The minimum atomic E-state index is -0.941. The Hall–Kier alpha value is -1.04. The topological polar surface area (TPSA) is 41.5 Å². The third kappa shape index (κ3) is 4.81. The lowest BCUT2D eigenvalue weighted by Gasteiger charge is -2.28. The second kappa shape index (κ2) is 8.29. The number of methoxy groups -OCH3 is 1. The highest BCUT2D eigenvalue weighted by molar-refractivity contribution is 5.21. The smallest absolute Gasteiger partial charge is 0.159 e. The van der Waals surface area contributed by atoms with Crippen LogP contribution in [0.25, 0.3) is 0 Å². The van der Waals surface area contributed by atoms with Gasteiger partial charge in [-0.05, 0) is 36.6 Å². The number of halogens is 2. The Morgan fingerprint density at radius 3 is 2.50 bits per heavy atom. The average Bonchev–Trinajstić information content (AvgIpc) is 2.41. The molecule has 3 nitrogen and oxygen atoms in total. The maximum absolute atomic E-state index is 13.2. The van der Waals surface area contributed by atoms with E-state index in [-0.39, 0.29) is 12.0 Å². The Labute approximate surface area is 119 Å². The van der Waals surface area contributed by atoms with Crippen molar-refractivity contribution in [2.75, 3.05) is 20.3 Å². The average molecular weight is 287 g/mol. The molecule has 0 amide bonds. The lowest BCUT2D eigenvalue weighted by atomic mass is 9.93. The van der Waals surface area contributed by atoms with Gasteiger partial charge in [-0.15, -0.1) is 0 Å². The monoisotopic (exact) mass is 287 g/mol. The standard InChI is InChI=1S/C15H23F2NO2/c1-10(2)14(18-7-4-8-20-3)15(19)11-5-6-12(16)13(17)9-11/h5-6,9-10,14-15,18-19H,4,7-8H2,1-3H3. The molecule has 20 heavy (non-hydrogen) atoms. The number of ether oxygens (including phenoxy) is 1. The van der Waals surface area contributed by atoms with Crippen LogP contribution in [-0.4, -0.2) is 31.4 Å². The minimum Gasteiger partial charge on any atom is -0.387 e. The summed E-state index contributed by atoms with van der Waals surface area (Å²) in [5.74, 6) is -1.70. The van der Waals surface area contributed by atoms with Crippen LogP contribution in [0.15, 0.2) is 18.2 Å². The summed E-state index contributed by atoms with van der Waals surface area (Å²) < 4.78 is 31.1. The third-order valence-electron chi connectivity index (χ3n) is 3.25. The molecule has 0 radical (unpaired) electrons. The highest BCUT2D eigenvalue weighted by Gasteiger charge is 2.24. The van der Waals surface area contributed by atoms with E-state index < -0.39 is 17.7 Å². The largest absolute Gasteiger partial charge is 0.387 e. The first-order chi connectivity index (χ1) is 9.47. The lowest BCUT2D eigenvalue weighted by molar-refractivity contribution is 0.102. The highest BCUT2D eigenvalue weighted by Crippen LogP contribution is 2.23. The molecule has 0 bridgehead atoms. The molecular formula is C15H23F2NO2. The first-order valence-electron chi connectivity index (χ1n) is 6.82. The highest BCUT2D eigenvalue weighted by atomic mass is 19.2. The molecule has 0 saturated heterocycles. The van der Waals surface area contributed by atoms with E-state index in [4.69, 9.17) is 4.74 Å². The van der Waals surface area contributed by atoms with Gasteiger partial charge in [-0.2, -0.15) is 0 Å². The van der Waals surface area contributed by atoms with Crippen LogP contribution in [0, 0.1) is 17.6 Å². The van der Waals surface area contributed by atoms with Gasteiger partial charge in [0.05, 0.1) is 6.10 Å². The number of hydrogen-bond donors (Lipinski definition) is 2. The van der Waals surface area contributed by atoms with Crippen molar-refractivity contribution in [3.8, 4) is 0 Å². The molecule has 0 spiro atoms. The van der Waals surface area contributed by atoms with Gasteiger partial charge in [0.1, 0.15) is 0 Å². The van der Waals surface area contributed by atoms with Gasteiger partial charge in [0, 0.05) is 19.8 Å². The van der Waals surface area contributed by atoms with Crippen LogP contribution in [0.3, 0.4) is 0 Å².